The SMILES string of the molecule is CC(=O)C(N)C(Cl)c1ccccc1. The van der Waals surface area contributed by atoms with Gasteiger partial charge >= 0.3 is 0 Å². The Bertz CT molecular complexity index is 286. The van der Waals surface area contributed by atoms with Crippen molar-refractivity contribution in [3.05, 3.63) is 35.9 Å². The Morgan fingerprint density at radius 2 is 1.92 bits per heavy atom. The van der Waals surface area contributed by atoms with Crippen LogP contribution in [0.5, 0.6) is 0 Å². The van der Waals surface area contributed by atoms with Gasteiger partial charge < -0.3 is 5.73 Å². The summed E-state index contributed by atoms with van der Waals surface area (Å²) in [5, 5.41) is -0.432. The van der Waals surface area contributed by atoms with Crippen molar-refractivity contribution in [1.29, 1.82) is 0 Å². The summed E-state index contributed by atoms with van der Waals surface area (Å²) in [5.41, 5.74) is 6.49. The van der Waals surface area contributed by atoms with E-state index in [4.69, 9.17) is 17.3 Å². The van der Waals surface area contributed by atoms with E-state index >= 15 is 0 Å². The Labute approximate surface area is 82.7 Å². The van der Waals surface area contributed by atoms with Crippen molar-refractivity contribution in [2.45, 2.75) is 18.3 Å². The van der Waals surface area contributed by atoms with E-state index in [0.29, 0.717) is 0 Å². The van der Waals surface area contributed by atoms with Gasteiger partial charge in [0.25, 0.3) is 0 Å². The van der Waals surface area contributed by atoms with Crippen LogP contribution < -0.4 is 5.73 Å². The van der Waals surface area contributed by atoms with Crippen LogP contribution in [-0.2, 0) is 4.79 Å². The zero-order valence-electron chi connectivity index (χ0n) is 7.41. The molecule has 0 radical (unpaired) electrons. The number of hydrogen-bond donors (Lipinski definition) is 1. The van der Waals surface area contributed by atoms with Crippen LogP contribution in [0.1, 0.15) is 17.9 Å². The second-order valence-electron chi connectivity index (χ2n) is 2.95. The average Bonchev–Trinajstić information content (AvgIpc) is 2.17. The van der Waals surface area contributed by atoms with Gasteiger partial charge in [-0.3, -0.25) is 4.79 Å². The van der Waals surface area contributed by atoms with E-state index in [2.05, 4.69) is 0 Å². The van der Waals surface area contributed by atoms with Crippen LogP contribution in [0.2, 0.25) is 0 Å². The first-order valence-electron chi connectivity index (χ1n) is 4.08. The zero-order chi connectivity index (χ0) is 9.84. The third kappa shape index (κ3) is 2.54. The van der Waals surface area contributed by atoms with Crippen LogP contribution in [0.3, 0.4) is 0 Å². The van der Waals surface area contributed by atoms with E-state index in [-0.39, 0.29) is 5.78 Å². The number of rotatable bonds is 3. The minimum absolute atomic E-state index is 0.0937. The molecule has 0 saturated heterocycles. The fraction of sp³-hybridized carbons (Fsp3) is 0.300. The van der Waals surface area contributed by atoms with E-state index in [0.717, 1.165) is 5.56 Å². The van der Waals surface area contributed by atoms with Crippen LogP contribution in [0.15, 0.2) is 30.3 Å². The first-order chi connectivity index (χ1) is 6.13. The molecular formula is C10H12ClNO. The number of halogens is 1. The Hall–Kier alpha value is -0.860. The van der Waals surface area contributed by atoms with Gasteiger partial charge in [-0.2, -0.15) is 0 Å². The number of nitrogens with two attached hydrogens (primary N) is 1. The quantitative estimate of drug-likeness (QED) is 0.752. The van der Waals surface area contributed by atoms with Gasteiger partial charge in [-0.25, -0.2) is 0 Å². The van der Waals surface area contributed by atoms with E-state index in [1.54, 1.807) is 0 Å². The molecule has 0 aromatic heterocycles. The summed E-state index contributed by atoms with van der Waals surface area (Å²) in [7, 11) is 0. The Kier molecular flexibility index (Phi) is 3.46. The molecule has 0 bridgehead atoms. The molecule has 0 aliphatic heterocycles. The normalized spacial score (nSPS) is 15.0. The average molecular weight is 198 g/mol. The third-order valence-electron chi connectivity index (χ3n) is 1.90. The largest absolute Gasteiger partial charge is 0.320 e. The lowest BCUT2D eigenvalue weighted by atomic mass is 10.0. The lowest BCUT2D eigenvalue weighted by molar-refractivity contribution is -0.118. The first kappa shape index (κ1) is 10.2. The van der Waals surface area contributed by atoms with Crippen LogP contribution in [0.25, 0.3) is 0 Å². The highest BCUT2D eigenvalue weighted by Crippen LogP contribution is 2.22. The van der Waals surface area contributed by atoms with Crippen LogP contribution in [-0.4, -0.2) is 11.8 Å². The lowest BCUT2D eigenvalue weighted by Crippen LogP contribution is -2.32. The predicted molar refractivity (Wildman–Crippen MR) is 53.7 cm³/mol. The van der Waals surface area contributed by atoms with Gasteiger partial charge in [0.05, 0.1) is 11.4 Å². The minimum Gasteiger partial charge on any atom is -0.320 e. The molecule has 0 aliphatic carbocycles. The van der Waals surface area contributed by atoms with E-state index in [1.165, 1.54) is 6.92 Å². The Morgan fingerprint density at radius 3 is 2.38 bits per heavy atom. The number of carbonyl (C=O) groups is 1. The van der Waals surface area contributed by atoms with Crippen molar-refractivity contribution in [2.24, 2.45) is 5.73 Å². The second-order valence-corrected chi connectivity index (χ2v) is 3.42. The van der Waals surface area contributed by atoms with Crippen LogP contribution in [0, 0.1) is 0 Å². The molecule has 0 amide bonds. The van der Waals surface area contributed by atoms with E-state index < -0.39 is 11.4 Å². The third-order valence-corrected chi connectivity index (χ3v) is 2.43. The molecule has 1 rings (SSSR count). The van der Waals surface area contributed by atoms with Gasteiger partial charge in [-0.1, -0.05) is 30.3 Å². The fourth-order valence-electron chi connectivity index (χ4n) is 1.05. The standard InChI is InChI=1S/C10H12ClNO/c1-7(13)10(12)9(11)8-5-3-2-4-6-8/h2-6,9-10H,12H2,1H3. The summed E-state index contributed by atoms with van der Waals surface area (Å²) < 4.78 is 0. The molecule has 1 aromatic rings. The Morgan fingerprint density at radius 1 is 1.38 bits per heavy atom. The van der Waals surface area contributed by atoms with E-state index in [9.17, 15) is 4.79 Å². The molecule has 0 saturated carbocycles. The zero-order valence-corrected chi connectivity index (χ0v) is 8.16. The van der Waals surface area contributed by atoms with Crippen molar-refractivity contribution in [1.82, 2.24) is 0 Å². The van der Waals surface area contributed by atoms with Gasteiger partial charge in [0.2, 0.25) is 0 Å². The number of benzene rings is 1. The number of alkyl halides is 1. The topological polar surface area (TPSA) is 43.1 Å². The van der Waals surface area contributed by atoms with Gasteiger partial charge in [0.15, 0.2) is 0 Å². The molecule has 2 N–H and O–H groups in total. The maximum atomic E-state index is 10.9. The highest BCUT2D eigenvalue weighted by molar-refractivity contribution is 6.22. The van der Waals surface area contributed by atoms with Crippen molar-refractivity contribution >= 4 is 17.4 Å². The second kappa shape index (κ2) is 4.40. The Balaban J connectivity index is 2.79. The number of ketones is 1. The van der Waals surface area contributed by atoms with Gasteiger partial charge in [0.1, 0.15) is 5.78 Å². The monoisotopic (exact) mass is 197 g/mol. The summed E-state index contributed by atoms with van der Waals surface area (Å²) in [4.78, 5) is 10.9. The molecule has 2 unspecified atom stereocenters. The molecule has 70 valence electrons. The lowest BCUT2D eigenvalue weighted by Gasteiger charge is -2.14. The minimum atomic E-state index is -0.621. The fourth-order valence-corrected chi connectivity index (χ4v) is 1.37. The van der Waals surface area contributed by atoms with Crippen molar-refractivity contribution in [2.75, 3.05) is 0 Å². The number of hydrogen-bond acceptors (Lipinski definition) is 2. The van der Waals surface area contributed by atoms with Gasteiger partial charge in [-0.05, 0) is 12.5 Å². The van der Waals surface area contributed by atoms with Crippen LogP contribution in [0.4, 0.5) is 0 Å². The molecule has 0 fully saturated rings. The summed E-state index contributed by atoms with van der Waals surface area (Å²) in [6.45, 7) is 1.45. The number of Topliss-reactive ketones (excluding diaryl/α,β-unsaturated/α-hetero) is 1. The van der Waals surface area contributed by atoms with E-state index in [1.807, 2.05) is 30.3 Å². The maximum Gasteiger partial charge on any atom is 0.148 e. The van der Waals surface area contributed by atoms with Crippen molar-refractivity contribution in [3.8, 4) is 0 Å². The molecular weight excluding hydrogens is 186 g/mol. The molecule has 1 aromatic carbocycles. The van der Waals surface area contributed by atoms with Crippen molar-refractivity contribution < 1.29 is 4.79 Å². The molecule has 13 heavy (non-hydrogen) atoms. The van der Waals surface area contributed by atoms with Gasteiger partial charge in [0, 0.05) is 0 Å². The highest BCUT2D eigenvalue weighted by atomic mass is 35.5. The highest BCUT2D eigenvalue weighted by Gasteiger charge is 2.20. The smallest absolute Gasteiger partial charge is 0.148 e. The molecule has 0 aliphatic rings. The van der Waals surface area contributed by atoms with Crippen LogP contribution >= 0.6 is 11.6 Å². The van der Waals surface area contributed by atoms with Gasteiger partial charge in [-0.15, -0.1) is 11.6 Å². The maximum absolute atomic E-state index is 10.9. The molecule has 0 spiro atoms. The van der Waals surface area contributed by atoms with Crippen molar-refractivity contribution in [3.63, 3.8) is 0 Å². The summed E-state index contributed by atoms with van der Waals surface area (Å²) >= 11 is 6.01. The summed E-state index contributed by atoms with van der Waals surface area (Å²) in [5.74, 6) is -0.0937. The number of carbonyl (C=O) groups excluding carboxylic acids is 1. The summed E-state index contributed by atoms with van der Waals surface area (Å²) in [6.07, 6.45) is 0. The molecule has 0 heterocycles. The molecule has 2 atom stereocenters. The molecule has 3 heteroatoms. The first-order valence-corrected chi connectivity index (χ1v) is 4.51. The predicted octanol–water partition coefficient (Wildman–Crippen LogP) is 1.88. The summed E-state index contributed by atoms with van der Waals surface area (Å²) in [6, 6.07) is 8.74. The molecule has 2 nitrogen and oxygen atoms in total.